The maximum Gasteiger partial charge on any atom is 0.310 e. The molecule has 0 aromatic heterocycles. The maximum absolute atomic E-state index is 12.8. The maximum atomic E-state index is 12.8. The van der Waals surface area contributed by atoms with Gasteiger partial charge in [-0.1, -0.05) is 20.8 Å². The van der Waals surface area contributed by atoms with Gasteiger partial charge in [-0.2, -0.15) is 0 Å². The van der Waals surface area contributed by atoms with Gasteiger partial charge < -0.3 is 14.7 Å². The summed E-state index contributed by atoms with van der Waals surface area (Å²) in [5.41, 5.74) is 1.03. The Kier molecular flexibility index (Phi) is 5.52. The fourth-order valence-electron chi connectivity index (χ4n) is 3.07. The summed E-state index contributed by atoms with van der Waals surface area (Å²) in [4.78, 5) is 26.5. The quantitative estimate of drug-likeness (QED) is 0.863. The molecular weight excluding hydrogens is 306 g/mol. The van der Waals surface area contributed by atoms with Crippen molar-refractivity contribution in [3.05, 3.63) is 29.3 Å². The van der Waals surface area contributed by atoms with Gasteiger partial charge in [0.05, 0.1) is 12.5 Å². The van der Waals surface area contributed by atoms with E-state index in [1.807, 2.05) is 20.8 Å². The average molecular weight is 333 g/mol. The Morgan fingerprint density at radius 3 is 2.67 bits per heavy atom. The lowest BCUT2D eigenvalue weighted by Crippen LogP contribution is -2.42. The topological polar surface area (TPSA) is 66.8 Å². The van der Waals surface area contributed by atoms with E-state index < -0.39 is 0 Å². The van der Waals surface area contributed by atoms with E-state index in [9.17, 15) is 14.7 Å². The molecule has 5 nitrogen and oxygen atoms in total. The van der Waals surface area contributed by atoms with Crippen molar-refractivity contribution in [3.63, 3.8) is 0 Å². The molecule has 1 unspecified atom stereocenters. The van der Waals surface area contributed by atoms with Crippen LogP contribution in [0.5, 0.6) is 5.75 Å². The number of phenols is 1. The minimum Gasteiger partial charge on any atom is -0.508 e. The van der Waals surface area contributed by atoms with Crippen molar-refractivity contribution >= 4 is 11.9 Å². The smallest absolute Gasteiger partial charge is 0.310 e. The summed E-state index contributed by atoms with van der Waals surface area (Å²) in [6.07, 6.45) is 1.55. The number of carbonyl (C=O) groups excluding carboxylic acids is 2. The van der Waals surface area contributed by atoms with Crippen LogP contribution in [0, 0.1) is 5.92 Å². The first-order chi connectivity index (χ1) is 11.2. The van der Waals surface area contributed by atoms with E-state index >= 15 is 0 Å². The van der Waals surface area contributed by atoms with Crippen LogP contribution in [0.25, 0.3) is 0 Å². The number of esters is 1. The van der Waals surface area contributed by atoms with Crippen molar-refractivity contribution in [2.24, 2.45) is 5.92 Å². The number of likely N-dealkylation sites (tertiary alicyclic amines) is 1. The van der Waals surface area contributed by atoms with E-state index in [-0.39, 0.29) is 29.0 Å². The zero-order valence-corrected chi connectivity index (χ0v) is 15.0. The number of piperidine rings is 1. The molecule has 0 bridgehead atoms. The second-order valence-electron chi connectivity index (χ2n) is 7.32. The summed E-state index contributed by atoms with van der Waals surface area (Å²) in [5, 5.41) is 10.1. The van der Waals surface area contributed by atoms with Crippen molar-refractivity contribution in [1.82, 2.24) is 4.90 Å². The minimum atomic E-state index is -0.254. The lowest BCUT2D eigenvalue weighted by molar-refractivity contribution is -0.149. The summed E-state index contributed by atoms with van der Waals surface area (Å²) in [5.74, 6) is -0.380. The number of amides is 1. The van der Waals surface area contributed by atoms with Crippen molar-refractivity contribution in [3.8, 4) is 5.75 Å². The molecule has 1 aromatic rings. The van der Waals surface area contributed by atoms with Crippen molar-refractivity contribution in [2.75, 3.05) is 19.7 Å². The molecule has 0 aliphatic carbocycles. The van der Waals surface area contributed by atoms with Crippen molar-refractivity contribution < 1.29 is 19.4 Å². The molecule has 1 heterocycles. The van der Waals surface area contributed by atoms with Crippen LogP contribution in [-0.4, -0.2) is 41.6 Å². The monoisotopic (exact) mass is 333 g/mol. The number of nitrogens with zero attached hydrogens (tertiary/aromatic N) is 1. The number of carbonyl (C=O) groups is 2. The second kappa shape index (κ2) is 7.24. The van der Waals surface area contributed by atoms with E-state index in [2.05, 4.69) is 0 Å². The molecule has 1 aliphatic heterocycles. The first-order valence-electron chi connectivity index (χ1n) is 8.53. The van der Waals surface area contributed by atoms with E-state index in [0.717, 1.165) is 18.4 Å². The molecule has 1 aromatic carbocycles. The number of rotatable bonds is 3. The first-order valence-corrected chi connectivity index (χ1v) is 8.53. The van der Waals surface area contributed by atoms with Crippen LogP contribution in [0.4, 0.5) is 0 Å². The Morgan fingerprint density at radius 2 is 2.04 bits per heavy atom. The molecule has 0 spiro atoms. The van der Waals surface area contributed by atoms with Gasteiger partial charge in [0, 0.05) is 24.2 Å². The molecule has 1 fully saturated rings. The number of phenolic OH excluding ortho intramolecular Hbond substituents is 1. The molecule has 1 aliphatic rings. The standard InChI is InChI=1S/C19H27NO4/c1-5-24-18(23)14-7-6-10-20(12-14)17(22)13-8-9-16(21)15(11-13)19(2,3)4/h8-9,11,14,21H,5-7,10,12H2,1-4H3. The molecule has 132 valence electrons. The van der Waals surface area contributed by atoms with E-state index in [0.29, 0.717) is 25.3 Å². The van der Waals surface area contributed by atoms with Gasteiger partial charge in [-0.05, 0) is 43.4 Å². The van der Waals surface area contributed by atoms with Crippen LogP contribution in [0.1, 0.15) is 56.5 Å². The van der Waals surface area contributed by atoms with Crippen molar-refractivity contribution in [2.45, 2.75) is 46.0 Å². The fourth-order valence-corrected chi connectivity index (χ4v) is 3.07. The van der Waals surface area contributed by atoms with Gasteiger partial charge >= 0.3 is 5.97 Å². The Balaban J connectivity index is 2.18. The van der Waals surface area contributed by atoms with E-state index in [1.165, 1.54) is 0 Å². The third-order valence-corrected chi connectivity index (χ3v) is 4.38. The predicted molar refractivity (Wildman–Crippen MR) is 92.1 cm³/mol. The first kappa shape index (κ1) is 18.3. The molecule has 0 radical (unpaired) electrons. The van der Waals surface area contributed by atoms with E-state index in [4.69, 9.17) is 4.74 Å². The van der Waals surface area contributed by atoms with Gasteiger partial charge in [0.15, 0.2) is 0 Å². The molecule has 1 N–H and O–H groups in total. The van der Waals surface area contributed by atoms with Gasteiger partial charge in [-0.25, -0.2) is 0 Å². The van der Waals surface area contributed by atoms with Crippen LogP contribution >= 0.6 is 0 Å². The third-order valence-electron chi connectivity index (χ3n) is 4.38. The largest absolute Gasteiger partial charge is 0.508 e. The minimum absolute atomic E-state index is 0.102. The third kappa shape index (κ3) is 4.08. The Bertz CT molecular complexity index is 618. The molecule has 1 atom stereocenters. The molecule has 0 saturated carbocycles. The summed E-state index contributed by atoms with van der Waals surface area (Å²) < 4.78 is 5.08. The van der Waals surface area contributed by atoms with Crippen LogP contribution in [0.3, 0.4) is 0 Å². The highest BCUT2D eigenvalue weighted by atomic mass is 16.5. The number of aromatic hydroxyl groups is 1. The molecule has 2 rings (SSSR count). The Hall–Kier alpha value is -2.04. The average Bonchev–Trinajstić information content (AvgIpc) is 2.54. The van der Waals surface area contributed by atoms with Crippen LogP contribution < -0.4 is 0 Å². The van der Waals surface area contributed by atoms with Gasteiger partial charge in [0.2, 0.25) is 0 Å². The fraction of sp³-hybridized carbons (Fsp3) is 0.579. The highest BCUT2D eigenvalue weighted by Crippen LogP contribution is 2.32. The Morgan fingerprint density at radius 1 is 1.33 bits per heavy atom. The van der Waals surface area contributed by atoms with Gasteiger partial charge in [-0.3, -0.25) is 9.59 Å². The lowest BCUT2D eigenvalue weighted by atomic mass is 9.85. The molecular formula is C19H27NO4. The molecule has 1 amide bonds. The Labute approximate surface area is 143 Å². The number of hydrogen-bond acceptors (Lipinski definition) is 4. The summed E-state index contributed by atoms with van der Waals surface area (Å²) in [6, 6.07) is 4.97. The van der Waals surface area contributed by atoms with Gasteiger partial charge in [-0.15, -0.1) is 0 Å². The molecule has 1 saturated heterocycles. The normalized spacial score (nSPS) is 18.3. The van der Waals surface area contributed by atoms with Crippen LogP contribution in [0.15, 0.2) is 18.2 Å². The highest BCUT2D eigenvalue weighted by molar-refractivity contribution is 5.95. The SMILES string of the molecule is CCOC(=O)C1CCCN(C(=O)c2ccc(O)c(C(C)(C)C)c2)C1. The molecule has 24 heavy (non-hydrogen) atoms. The number of ether oxygens (including phenoxy) is 1. The van der Waals surface area contributed by atoms with Gasteiger partial charge in [0.1, 0.15) is 5.75 Å². The summed E-state index contributed by atoms with van der Waals surface area (Å²) >= 11 is 0. The number of benzene rings is 1. The second-order valence-corrected chi connectivity index (χ2v) is 7.32. The highest BCUT2D eigenvalue weighted by Gasteiger charge is 2.30. The zero-order valence-electron chi connectivity index (χ0n) is 15.0. The van der Waals surface area contributed by atoms with Crippen LogP contribution in [0.2, 0.25) is 0 Å². The number of hydrogen-bond donors (Lipinski definition) is 1. The van der Waals surface area contributed by atoms with Crippen molar-refractivity contribution in [1.29, 1.82) is 0 Å². The summed E-state index contributed by atoms with van der Waals surface area (Å²) in [7, 11) is 0. The lowest BCUT2D eigenvalue weighted by Gasteiger charge is -2.32. The zero-order chi connectivity index (χ0) is 17.9. The molecule has 5 heteroatoms. The van der Waals surface area contributed by atoms with E-state index in [1.54, 1.807) is 30.0 Å². The summed E-state index contributed by atoms with van der Waals surface area (Å²) in [6.45, 7) is 9.16. The van der Waals surface area contributed by atoms with Crippen LogP contribution in [-0.2, 0) is 14.9 Å². The predicted octanol–water partition coefficient (Wildman–Crippen LogP) is 3.11. The van der Waals surface area contributed by atoms with Gasteiger partial charge in [0.25, 0.3) is 5.91 Å².